The first-order valence-corrected chi connectivity index (χ1v) is 12.5. The standard InChI is InChI=1S/C22H23N5O4S2/c1-5-11-27-19(13-33(29,30)17-9-7-6-8-10-17)25-26-22(27)32-16(4)20(28)24-21-18(12-23)14(2)15(3)31-21/h5-10,16H,1,11,13H2,2-4H3,(H,24,28). The highest BCUT2D eigenvalue weighted by atomic mass is 32.2. The highest BCUT2D eigenvalue weighted by Crippen LogP contribution is 2.28. The zero-order valence-corrected chi connectivity index (χ0v) is 20.0. The summed E-state index contributed by atoms with van der Waals surface area (Å²) >= 11 is 1.11. The smallest absolute Gasteiger partial charge is 0.240 e. The topological polar surface area (TPSA) is 131 Å². The number of sulfone groups is 1. The molecule has 0 fully saturated rings. The number of hydrogen-bond donors (Lipinski definition) is 1. The molecule has 1 aromatic carbocycles. The molecule has 0 saturated carbocycles. The van der Waals surface area contributed by atoms with Crippen molar-refractivity contribution < 1.29 is 17.6 Å². The molecule has 9 nitrogen and oxygen atoms in total. The van der Waals surface area contributed by atoms with Crippen LogP contribution in [-0.2, 0) is 26.9 Å². The Morgan fingerprint density at radius 1 is 1.33 bits per heavy atom. The summed E-state index contributed by atoms with van der Waals surface area (Å²) in [6, 6.07) is 10.1. The van der Waals surface area contributed by atoms with Gasteiger partial charge in [-0.15, -0.1) is 16.8 Å². The highest BCUT2D eigenvalue weighted by Gasteiger charge is 2.25. The molecule has 33 heavy (non-hydrogen) atoms. The van der Waals surface area contributed by atoms with Crippen molar-refractivity contribution in [2.24, 2.45) is 0 Å². The number of aromatic nitrogens is 3. The van der Waals surface area contributed by atoms with Crippen molar-refractivity contribution in [2.75, 3.05) is 5.32 Å². The first kappa shape index (κ1) is 24.3. The monoisotopic (exact) mass is 485 g/mol. The molecular weight excluding hydrogens is 462 g/mol. The molecule has 0 aliphatic heterocycles. The van der Waals surface area contributed by atoms with Crippen LogP contribution in [0, 0.1) is 25.2 Å². The Balaban J connectivity index is 1.79. The molecule has 1 N–H and O–H groups in total. The molecule has 0 saturated heterocycles. The van der Waals surface area contributed by atoms with Gasteiger partial charge in [-0.3, -0.25) is 10.1 Å². The van der Waals surface area contributed by atoms with Gasteiger partial charge in [0.2, 0.25) is 11.8 Å². The number of carbonyl (C=O) groups is 1. The summed E-state index contributed by atoms with van der Waals surface area (Å²) in [6.45, 7) is 9.12. The van der Waals surface area contributed by atoms with Crippen molar-refractivity contribution >= 4 is 33.4 Å². The van der Waals surface area contributed by atoms with E-state index in [4.69, 9.17) is 4.42 Å². The number of amides is 1. The predicted molar refractivity (Wildman–Crippen MR) is 124 cm³/mol. The van der Waals surface area contributed by atoms with Crippen LogP contribution in [-0.4, -0.2) is 34.3 Å². The van der Waals surface area contributed by atoms with Crippen LogP contribution in [0.3, 0.4) is 0 Å². The van der Waals surface area contributed by atoms with Crippen LogP contribution in [0.5, 0.6) is 0 Å². The first-order chi connectivity index (χ1) is 15.7. The van der Waals surface area contributed by atoms with E-state index in [1.807, 2.05) is 6.07 Å². The van der Waals surface area contributed by atoms with Crippen LogP contribution in [0.1, 0.15) is 29.6 Å². The molecule has 0 radical (unpaired) electrons. The van der Waals surface area contributed by atoms with Crippen molar-refractivity contribution in [1.29, 1.82) is 5.26 Å². The second-order valence-corrected chi connectivity index (χ2v) is 10.5. The Morgan fingerprint density at radius 2 is 2.03 bits per heavy atom. The van der Waals surface area contributed by atoms with Crippen molar-refractivity contribution in [1.82, 2.24) is 14.8 Å². The Hall–Kier alpha value is -3.36. The summed E-state index contributed by atoms with van der Waals surface area (Å²) in [5.74, 6) is 0.175. The minimum absolute atomic E-state index is 0.104. The van der Waals surface area contributed by atoms with Gasteiger partial charge < -0.3 is 8.98 Å². The van der Waals surface area contributed by atoms with E-state index in [0.717, 1.165) is 11.8 Å². The third kappa shape index (κ3) is 5.35. The van der Waals surface area contributed by atoms with Gasteiger partial charge in [-0.1, -0.05) is 36.0 Å². The first-order valence-electron chi connectivity index (χ1n) is 9.96. The number of allylic oxidation sites excluding steroid dienone is 1. The number of rotatable bonds is 9. The largest absolute Gasteiger partial charge is 0.444 e. The SMILES string of the molecule is C=CCn1c(CS(=O)(=O)c2ccccc2)nnc1SC(C)C(=O)Nc1oc(C)c(C)c1C#N. The molecular formula is C22H23N5O4S2. The minimum atomic E-state index is -3.62. The molecule has 0 bridgehead atoms. The van der Waals surface area contributed by atoms with Gasteiger partial charge >= 0.3 is 0 Å². The lowest BCUT2D eigenvalue weighted by Gasteiger charge is -2.12. The number of nitrogens with zero attached hydrogens (tertiary/aromatic N) is 4. The number of hydrogen-bond acceptors (Lipinski definition) is 8. The summed E-state index contributed by atoms with van der Waals surface area (Å²) in [4.78, 5) is 12.9. The molecule has 3 aromatic rings. The summed E-state index contributed by atoms with van der Waals surface area (Å²) in [6.07, 6.45) is 1.60. The van der Waals surface area contributed by atoms with Gasteiger partial charge in [-0.2, -0.15) is 5.26 Å². The molecule has 2 heterocycles. The lowest BCUT2D eigenvalue weighted by molar-refractivity contribution is -0.115. The van der Waals surface area contributed by atoms with E-state index in [0.29, 0.717) is 16.5 Å². The molecule has 1 atom stereocenters. The van der Waals surface area contributed by atoms with Crippen molar-refractivity contribution in [3.8, 4) is 6.07 Å². The maximum Gasteiger partial charge on any atom is 0.240 e. The zero-order chi connectivity index (χ0) is 24.2. The number of furan rings is 1. The van der Waals surface area contributed by atoms with E-state index in [1.54, 1.807) is 49.6 Å². The van der Waals surface area contributed by atoms with E-state index in [2.05, 4.69) is 22.1 Å². The van der Waals surface area contributed by atoms with Crippen LogP contribution >= 0.6 is 11.8 Å². The fourth-order valence-electron chi connectivity index (χ4n) is 2.98. The number of carbonyl (C=O) groups excluding carboxylic acids is 1. The molecule has 0 spiro atoms. The summed E-state index contributed by atoms with van der Waals surface area (Å²) < 4.78 is 32.7. The van der Waals surface area contributed by atoms with Gasteiger partial charge in [0, 0.05) is 12.1 Å². The van der Waals surface area contributed by atoms with E-state index in [9.17, 15) is 18.5 Å². The van der Waals surface area contributed by atoms with Crippen molar-refractivity contribution in [3.63, 3.8) is 0 Å². The van der Waals surface area contributed by atoms with Crippen molar-refractivity contribution in [2.45, 2.75) is 48.4 Å². The summed E-state index contributed by atoms with van der Waals surface area (Å²) in [7, 11) is -3.62. The summed E-state index contributed by atoms with van der Waals surface area (Å²) in [5, 5.41) is 19.9. The Morgan fingerprint density at radius 3 is 2.67 bits per heavy atom. The second kappa shape index (κ2) is 10.1. The Labute approximate surface area is 196 Å². The average Bonchev–Trinajstić information content (AvgIpc) is 3.27. The maximum absolute atomic E-state index is 12.8. The van der Waals surface area contributed by atoms with Gasteiger partial charge in [-0.05, 0) is 32.9 Å². The predicted octanol–water partition coefficient (Wildman–Crippen LogP) is 3.64. The van der Waals surface area contributed by atoms with E-state index in [1.165, 1.54) is 12.1 Å². The number of nitriles is 1. The lowest BCUT2D eigenvalue weighted by Crippen LogP contribution is -2.23. The highest BCUT2D eigenvalue weighted by molar-refractivity contribution is 8.00. The third-order valence-corrected chi connectivity index (χ3v) is 7.62. The number of benzene rings is 1. The third-order valence-electron chi connectivity index (χ3n) is 4.91. The maximum atomic E-state index is 12.8. The van der Waals surface area contributed by atoms with Crippen LogP contribution in [0.2, 0.25) is 0 Å². The zero-order valence-electron chi connectivity index (χ0n) is 18.4. The molecule has 0 aliphatic carbocycles. The Kier molecular flexibility index (Phi) is 7.40. The molecule has 3 rings (SSSR count). The van der Waals surface area contributed by atoms with Gasteiger partial charge in [0.1, 0.15) is 29.0 Å². The quantitative estimate of drug-likeness (QED) is 0.359. The van der Waals surface area contributed by atoms with Gasteiger partial charge in [0.25, 0.3) is 0 Å². The average molecular weight is 486 g/mol. The van der Waals surface area contributed by atoms with Crippen LogP contribution < -0.4 is 5.32 Å². The number of anilines is 1. The molecule has 1 amide bonds. The molecule has 0 aliphatic rings. The number of aryl methyl sites for hydroxylation is 1. The molecule has 2 aromatic heterocycles. The van der Waals surface area contributed by atoms with E-state index < -0.39 is 21.0 Å². The normalized spacial score (nSPS) is 12.2. The molecule has 11 heteroatoms. The van der Waals surface area contributed by atoms with Crippen LogP contribution in [0.15, 0.2) is 57.5 Å². The van der Waals surface area contributed by atoms with Crippen LogP contribution in [0.25, 0.3) is 0 Å². The van der Waals surface area contributed by atoms with Gasteiger partial charge in [-0.25, -0.2) is 8.42 Å². The Bertz CT molecular complexity index is 1320. The van der Waals surface area contributed by atoms with Crippen molar-refractivity contribution in [3.05, 3.63) is 65.7 Å². The molecule has 172 valence electrons. The number of thioether (sulfide) groups is 1. The van der Waals surface area contributed by atoms with Gasteiger partial charge in [0.05, 0.1) is 10.1 Å². The van der Waals surface area contributed by atoms with E-state index in [-0.39, 0.29) is 34.5 Å². The fraction of sp³-hybridized carbons (Fsp3) is 0.273. The number of nitrogens with one attached hydrogen (secondary N) is 1. The second-order valence-electron chi connectivity index (χ2n) is 7.22. The molecule has 1 unspecified atom stereocenters. The fourth-order valence-corrected chi connectivity index (χ4v) is 5.15. The summed E-state index contributed by atoms with van der Waals surface area (Å²) in [5.41, 5.74) is 0.948. The van der Waals surface area contributed by atoms with E-state index >= 15 is 0 Å². The lowest BCUT2D eigenvalue weighted by atomic mass is 10.2. The minimum Gasteiger partial charge on any atom is -0.444 e. The van der Waals surface area contributed by atoms with Gasteiger partial charge in [0.15, 0.2) is 15.0 Å². The van der Waals surface area contributed by atoms with Crippen LogP contribution in [0.4, 0.5) is 5.88 Å².